The van der Waals surface area contributed by atoms with Gasteiger partial charge >= 0.3 is 5.97 Å². The molecule has 7 nitrogen and oxygen atoms in total. The first-order valence-electron chi connectivity index (χ1n) is 12.2. The molecule has 0 heterocycles. The number of hydrogen-bond donors (Lipinski definition) is 2. The van der Waals surface area contributed by atoms with Gasteiger partial charge in [0.05, 0.1) is 23.3 Å². The van der Waals surface area contributed by atoms with E-state index in [4.69, 9.17) is 27.9 Å². The van der Waals surface area contributed by atoms with E-state index in [9.17, 15) is 14.4 Å². The Balaban J connectivity index is 1.30. The molecule has 0 fully saturated rings. The molecule has 0 saturated heterocycles. The molecule has 0 atom stereocenters. The second-order valence-electron chi connectivity index (χ2n) is 8.71. The second kappa shape index (κ2) is 12.0. The van der Waals surface area contributed by atoms with Crippen molar-refractivity contribution < 1.29 is 19.1 Å². The molecule has 0 aliphatic carbocycles. The minimum absolute atomic E-state index is 0.150. The smallest absolute Gasteiger partial charge is 0.345 e. The number of fused-ring (bicyclic) bond motifs is 2. The summed E-state index contributed by atoms with van der Waals surface area (Å²) in [5.74, 6) is -1.36. The third kappa shape index (κ3) is 5.96. The summed E-state index contributed by atoms with van der Waals surface area (Å²) >= 11 is 12.1. The molecular formula is C31H21Cl2N3O4. The Morgan fingerprint density at radius 2 is 1.48 bits per heavy atom. The molecule has 2 amide bonds. The summed E-state index contributed by atoms with van der Waals surface area (Å²) in [6.07, 6.45) is 1.39. The third-order valence-electron chi connectivity index (χ3n) is 6.11. The quantitative estimate of drug-likeness (QED) is 0.102. The van der Waals surface area contributed by atoms with E-state index in [1.54, 1.807) is 30.3 Å². The molecule has 0 saturated carbocycles. The van der Waals surface area contributed by atoms with Crippen molar-refractivity contribution in [2.24, 2.45) is 5.10 Å². The monoisotopic (exact) mass is 569 g/mol. The van der Waals surface area contributed by atoms with Crippen molar-refractivity contribution in [1.29, 1.82) is 0 Å². The Bertz CT molecular complexity index is 1800. The SMILES string of the molecule is O=C(CNC(=O)c1cccc2ccccc12)N/N=C/c1c(OC(=O)c2ccc(Cl)cc2Cl)ccc2ccccc12. The summed E-state index contributed by atoms with van der Waals surface area (Å²) in [6, 6.07) is 28.3. The van der Waals surface area contributed by atoms with Crippen molar-refractivity contribution >= 4 is 68.7 Å². The molecule has 0 aromatic heterocycles. The number of hydrogen-bond acceptors (Lipinski definition) is 5. The van der Waals surface area contributed by atoms with E-state index in [0.717, 1.165) is 21.5 Å². The lowest BCUT2D eigenvalue weighted by atomic mass is 10.0. The minimum Gasteiger partial charge on any atom is -0.422 e. The first-order chi connectivity index (χ1) is 19.4. The van der Waals surface area contributed by atoms with Crippen LogP contribution < -0.4 is 15.5 Å². The predicted octanol–water partition coefficient (Wildman–Crippen LogP) is 6.40. The molecule has 5 aromatic carbocycles. The van der Waals surface area contributed by atoms with Gasteiger partial charge in [0.1, 0.15) is 5.75 Å². The van der Waals surface area contributed by atoms with Crippen molar-refractivity contribution in [3.8, 4) is 5.75 Å². The number of nitrogens with one attached hydrogen (secondary N) is 2. The summed E-state index contributed by atoms with van der Waals surface area (Å²) in [7, 11) is 0. The fourth-order valence-corrected chi connectivity index (χ4v) is 4.68. The van der Waals surface area contributed by atoms with Gasteiger partial charge in [0.25, 0.3) is 11.8 Å². The van der Waals surface area contributed by atoms with Crippen molar-refractivity contribution in [1.82, 2.24) is 10.7 Å². The largest absolute Gasteiger partial charge is 0.422 e. The maximum Gasteiger partial charge on any atom is 0.345 e. The average Bonchev–Trinajstić information content (AvgIpc) is 2.96. The van der Waals surface area contributed by atoms with Crippen LogP contribution in [0.4, 0.5) is 0 Å². The first-order valence-corrected chi connectivity index (χ1v) is 12.9. The summed E-state index contributed by atoms with van der Waals surface area (Å²) in [5, 5.41) is 10.6. The van der Waals surface area contributed by atoms with E-state index in [1.165, 1.54) is 18.3 Å². The molecule has 0 unspecified atom stereocenters. The van der Waals surface area contributed by atoms with Crippen LogP contribution >= 0.6 is 23.2 Å². The molecule has 0 radical (unpaired) electrons. The van der Waals surface area contributed by atoms with Gasteiger partial charge in [0.2, 0.25) is 0 Å². The number of carbonyl (C=O) groups excluding carboxylic acids is 3. The molecular weight excluding hydrogens is 549 g/mol. The van der Waals surface area contributed by atoms with Gasteiger partial charge in [-0.3, -0.25) is 9.59 Å². The molecule has 2 N–H and O–H groups in total. The van der Waals surface area contributed by atoms with Crippen LogP contribution in [0.2, 0.25) is 10.0 Å². The van der Waals surface area contributed by atoms with Crippen LogP contribution in [0.25, 0.3) is 21.5 Å². The number of amides is 2. The Hall–Kier alpha value is -4.72. The number of ether oxygens (including phenoxy) is 1. The van der Waals surface area contributed by atoms with Gasteiger partial charge in [0.15, 0.2) is 0 Å². The Morgan fingerprint density at radius 3 is 2.25 bits per heavy atom. The number of rotatable bonds is 7. The highest BCUT2D eigenvalue weighted by Crippen LogP contribution is 2.29. The molecule has 198 valence electrons. The van der Waals surface area contributed by atoms with Crippen LogP contribution in [-0.4, -0.2) is 30.5 Å². The molecule has 0 aliphatic heterocycles. The van der Waals surface area contributed by atoms with Gasteiger partial charge in [-0.2, -0.15) is 5.10 Å². The maximum atomic E-state index is 12.9. The lowest BCUT2D eigenvalue weighted by Crippen LogP contribution is -2.35. The molecule has 0 spiro atoms. The maximum absolute atomic E-state index is 12.9. The fraction of sp³-hybridized carbons (Fsp3) is 0.0323. The van der Waals surface area contributed by atoms with E-state index < -0.39 is 11.9 Å². The van der Waals surface area contributed by atoms with Crippen LogP contribution in [0.3, 0.4) is 0 Å². The number of halogens is 2. The van der Waals surface area contributed by atoms with Crippen molar-refractivity contribution in [3.63, 3.8) is 0 Å². The zero-order valence-electron chi connectivity index (χ0n) is 20.9. The van der Waals surface area contributed by atoms with Gasteiger partial charge in [-0.15, -0.1) is 0 Å². The summed E-state index contributed by atoms with van der Waals surface area (Å²) in [6.45, 7) is -0.286. The number of hydrazone groups is 1. The zero-order chi connectivity index (χ0) is 28.1. The molecule has 0 aliphatic rings. The highest BCUT2D eigenvalue weighted by molar-refractivity contribution is 6.36. The summed E-state index contributed by atoms with van der Waals surface area (Å²) in [5.41, 5.74) is 3.50. The van der Waals surface area contributed by atoms with Crippen molar-refractivity contribution in [2.45, 2.75) is 0 Å². The molecule has 5 aromatic rings. The Morgan fingerprint density at radius 1 is 0.775 bits per heavy atom. The number of nitrogens with zero attached hydrogens (tertiary/aromatic N) is 1. The van der Waals surface area contributed by atoms with Crippen molar-refractivity contribution in [3.05, 3.63) is 124 Å². The topological polar surface area (TPSA) is 96.9 Å². The van der Waals surface area contributed by atoms with Crippen LogP contribution in [0.15, 0.2) is 102 Å². The van der Waals surface area contributed by atoms with E-state index in [2.05, 4.69) is 15.8 Å². The van der Waals surface area contributed by atoms with E-state index >= 15 is 0 Å². The van der Waals surface area contributed by atoms with Crippen LogP contribution in [0.1, 0.15) is 26.3 Å². The first kappa shape index (κ1) is 26.9. The molecule has 40 heavy (non-hydrogen) atoms. The second-order valence-corrected chi connectivity index (χ2v) is 9.56. The highest BCUT2D eigenvalue weighted by atomic mass is 35.5. The van der Waals surface area contributed by atoms with Crippen molar-refractivity contribution in [2.75, 3.05) is 6.54 Å². The highest BCUT2D eigenvalue weighted by Gasteiger charge is 2.17. The lowest BCUT2D eigenvalue weighted by molar-refractivity contribution is -0.120. The molecule has 9 heteroatoms. The molecule has 0 bridgehead atoms. The Labute approximate surface area is 239 Å². The summed E-state index contributed by atoms with van der Waals surface area (Å²) < 4.78 is 5.65. The normalized spacial score (nSPS) is 11.1. The van der Waals surface area contributed by atoms with Gasteiger partial charge in [-0.25, -0.2) is 10.2 Å². The predicted molar refractivity (Wildman–Crippen MR) is 157 cm³/mol. The number of esters is 1. The lowest BCUT2D eigenvalue weighted by Gasteiger charge is -2.11. The number of benzene rings is 5. The van der Waals surface area contributed by atoms with Crippen LogP contribution in [-0.2, 0) is 4.79 Å². The molecule has 5 rings (SSSR count). The third-order valence-corrected chi connectivity index (χ3v) is 6.66. The van der Waals surface area contributed by atoms with Gasteiger partial charge in [0, 0.05) is 16.1 Å². The zero-order valence-corrected chi connectivity index (χ0v) is 22.4. The van der Waals surface area contributed by atoms with Gasteiger partial charge in [-0.1, -0.05) is 89.9 Å². The minimum atomic E-state index is -0.674. The van der Waals surface area contributed by atoms with E-state index in [-0.39, 0.29) is 28.8 Å². The Kier molecular flexibility index (Phi) is 8.05. The van der Waals surface area contributed by atoms with Gasteiger partial charge < -0.3 is 10.1 Å². The van der Waals surface area contributed by atoms with E-state index in [1.807, 2.05) is 54.6 Å². The van der Waals surface area contributed by atoms with Crippen LogP contribution in [0, 0.1) is 0 Å². The summed E-state index contributed by atoms with van der Waals surface area (Å²) in [4.78, 5) is 38.0. The van der Waals surface area contributed by atoms with E-state index in [0.29, 0.717) is 16.1 Å². The van der Waals surface area contributed by atoms with Gasteiger partial charge in [-0.05, 0) is 51.9 Å². The standard InChI is InChI=1S/C31H21Cl2N3O4/c32-21-13-14-25(27(33)16-21)31(39)40-28-15-12-20-7-2-4-10-23(20)26(28)17-35-36-29(37)18-34-30(38)24-11-5-8-19-6-1-3-9-22(19)24/h1-17H,18H2,(H,34,38)(H,36,37)/b35-17+. The fourth-order valence-electron chi connectivity index (χ4n) is 4.20. The average molecular weight is 570 g/mol. The van der Waals surface area contributed by atoms with Crippen LogP contribution in [0.5, 0.6) is 5.75 Å². The number of carbonyl (C=O) groups is 3.